The maximum Gasteiger partial charge on any atom is 0.225 e. The standard InChI is InChI=1S/C17H17ClN2O3/c1-12(21)13-4-7-15(8-5-13)23-10-2-3-17(22)20-16-9-6-14(18)11-19-16/h4-9,11H,2-3,10H2,1H3,(H,19,20,22). The first kappa shape index (κ1) is 17.0. The Hall–Kier alpha value is -2.40. The molecule has 0 spiro atoms. The van der Waals surface area contributed by atoms with Crippen molar-refractivity contribution < 1.29 is 14.3 Å². The largest absolute Gasteiger partial charge is 0.494 e. The van der Waals surface area contributed by atoms with E-state index < -0.39 is 0 Å². The number of halogens is 1. The maximum atomic E-state index is 11.8. The van der Waals surface area contributed by atoms with Crippen LogP contribution in [0, 0.1) is 0 Å². The lowest BCUT2D eigenvalue weighted by Crippen LogP contribution is -2.13. The number of ether oxygens (including phenoxy) is 1. The maximum absolute atomic E-state index is 11.8. The number of anilines is 1. The average molecular weight is 333 g/mol. The number of ketones is 1. The minimum absolute atomic E-state index is 0.0176. The lowest BCUT2D eigenvalue weighted by molar-refractivity contribution is -0.116. The first-order valence-corrected chi connectivity index (χ1v) is 7.57. The van der Waals surface area contributed by atoms with Gasteiger partial charge in [-0.15, -0.1) is 0 Å². The molecule has 1 amide bonds. The summed E-state index contributed by atoms with van der Waals surface area (Å²) in [6, 6.07) is 10.2. The van der Waals surface area contributed by atoms with Crippen molar-refractivity contribution in [3.63, 3.8) is 0 Å². The van der Waals surface area contributed by atoms with Gasteiger partial charge in [-0.1, -0.05) is 11.6 Å². The van der Waals surface area contributed by atoms with E-state index in [-0.39, 0.29) is 11.7 Å². The number of benzene rings is 1. The Morgan fingerprint density at radius 3 is 2.52 bits per heavy atom. The molecule has 6 heteroatoms. The molecule has 0 bridgehead atoms. The van der Waals surface area contributed by atoms with Crippen LogP contribution in [0.5, 0.6) is 5.75 Å². The summed E-state index contributed by atoms with van der Waals surface area (Å²) in [5, 5.41) is 3.21. The second-order valence-electron chi connectivity index (χ2n) is 4.94. The number of rotatable bonds is 7. The Kier molecular flexibility index (Phi) is 6.11. The fourth-order valence-electron chi connectivity index (χ4n) is 1.86. The molecule has 1 heterocycles. The van der Waals surface area contributed by atoms with Crippen molar-refractivity contribution in [3.8, 4) is 5.75 Å². The molecule has 5 nitrogen and oxygen atoms in total. The molecule has 0 aliphatic carbocycles. The Labute approximate surface area is 139 Å². The third-order valence-corrected chi connectivity index (χ3v) is 3.30. The summed E-state index contributed by atoms with van der Waals surface area (Å²) in [5.74, 6) is 1.04. The van der Waals surface area contributed by atoms with Crippen LogP contribution < -0.4 is 10.1 Å². The van der Waals surface area contributed by atoms with Crippen molar-refractivity contribution in [2.24, 2.45) is 0 Å². The molecule has 0 aliphatic rings. The van der Waals surface area contributed by atoms with Gasteiger partial charge in [0.05, 0.1) is 11.6 Å². The predicted octanol–water partition coefficient (Wildman–Crippen LogP) is 3.74. The van der Waals surface area contributed by atoms with Crippen molar-refractivity contribution in [3.05, 3.63) is 53.2 Å². The number of carbonyl (C=O) groups is 2. The molecule has 2 rings (SSSR count). The smallest absolute Gasteiger partial charge is 0.225 e. The van der Waals surface area contributed by atoms with Gasteiger partial charge in [0.25, 0.3) is 0 Å². The van der Waals surface area contributed by atoms with Gasteiger partial charge in [-0.2, -0.15) is 0 Å². The van der Waals surface area contributed by atoms with E-state index >= 15 is 0 Å². The van der Waals surface area contributed by atoms with Crippen LogP contribution in [0.15, 0.2) is 42.6 Å². The second-order valence-corrected chi connectivity index (χ2v) is 5.38. The van der Waals surface area contributed by atoms with Crippen LogP contribution in [-0.2, 0) is 4.79 Å². The lowest BCUT2D eigenvalue weighted by atomic mass is 10.1. The van der Waals surface area contributed by atoms with Gasteiger partial charge in [0.1, 0.15) is 11.6 Å². The van der Waals surface area contributed by atoms with Crippen molar-refractivity contribution in [2.45, 2.75) is 19.8 Å². The SMILES string of the molecule is CC(=O)c1ccc(OCCCC(=O)Nc2ccc(Cl)cn2)cc1. The molecule has 0 fully saturated rings. The monoisotopic (exact) mass is 332 g/mol. The van der Waals surface area contributed by atoms with Gasteiger partial charge in [0.15, 0.2) is 5.78 Å². The number of Topliss-reactive ketones (excluding diaryl/α,β-unsaturated/α-hetero) is 1. The summed E-state index contributed by atoms with van der Waals surface area (Å²) in [6.45, 7) is 1.94. The molecule has 0 radical (unpaired) electrons. The van der Waals surface area contributed by atoms with Crippen molar-refractivity contribution in [1.82, 2.24) is 4.98 Å². The van der Waals surface area contributed by atoms with E-state index in [0.29, 0.717) is 41.6 Å². The summed E-state index contributed by atoms with van der Waals surface area (Å²) < 4.78 is 5.53. The van der Waals surface area contributed by atoms with Gasteiger partial charge in [0, 0.05) is 18.2 Å². The van der Waals surface area contributed by atoms with E-state index in [2.05, 4.69) is 10.3 Å². The third kappa shape index (κ3) is 5.71. The highest BCUT2D eigenvalue weighted by molar-refractivity contribution is 6.30. The van der Waals surface area contributed by atoms with Crippen LogP contribution in [0.25, 0.3) is 0 Å². The number of aromatic nitrogens is 1. The fraction of sp³-hybridized carbons (Fsp3) is 0.235. The second kappa shape index (κ2) is 8.29. The number of carbonyl (C=O) groups excluding carboxylic acids is 2. The topological polar surface area (TPSA) is 68.3 Å². The average Bonchev–Trinajstić information content (AvgIpc) is 2.54. The predicted molar refractivity (Wildman–Crippen MR) is 89.1 cm³/mol. The third-order valence-electron chi connectivity index (χ3n) is 3.07. The number of pyridine rings is 1. The van der Waals surface area contributed by atoms with E-state index in [0.717, 1.165) is 0 Å². The molecular formula is C17H17ClN2O3. The first-order valence-electron chi connectivity index (χ1n) is 7.20. The number of amides is 1. The zero-order chi connectivity index (χ0) is 16.7. The summed E-state index contributed by atoms with van der Waals surface area (Å²) in [4.78, 5) is 26.9. The molecule has 0 saturated heterocycles. The minimum atomic E-state index is -0.129. The molecule has 0 aliphatic heterocycles. The number of hydrogen-bond donors (Lipinski definition) is 1. The Bertz CT molecular complexity index is 669. The summed E-state index contributed by atoms with van der Waals surface area (Å²) >= 11 is 5.73. The lowest BCUT2D eigenvalue weighted by Gasteiger charge is -2.07. The molecule has 2 aromatic rings. The molecular weight excluding hydrogens is 316 g/mol. The van der Waals surface area contributed by atoms with Gasteiger partial charge in [-0.3, -0.25) is 9.59 Å². The highest BCUT2D eigenvalue weighted by Crippen LogP contribution is 2.13. The normalized spacial score (nSPS) is 10.2. The Morgan fingerprint density at radius 2 is 1.91 bits per heavy atom. The van der Waals surface area contributed by atoms with Crippen LogP contribution in [0.4, 0.5) is 5.82 Å². The van der Waals surface area contributed by atoms with Gasteiger partial charge < -0.3 is 10.1 Å². The fourth-order valence-corrected chi connectivity index (χ4v) is 1.98. The number of nitrogens with one attached hydrogen (secondary N) is 1. The zero-order valence-electron chi connectivity index (χ0n) is 12.7. The first-order chi connectivity index (χ1) is 11.0. The molecule has 1 N–H and O–H groups in total. The van der Waals surface area contributed by atoms with Crippen LogP contribution in [0.3, 0.4) is 0 Å². The van der Waals surface area contributed by atoms with Crippen molar-refractivity contribution in [1.29, 1.82) is 0 Å². The number of nitrogens with zero attached hydrogens (tertiary/aromatic N) is 1. The van der Waals surface area contributed by atoms with E-state index in [1.807, 2.05) is 0 Å². The van der Waals surface area contributed by atoms with Gasteiger partial charge in [-0.05, 0) is 49.7 Å². The molecule has 23 heavy (non-hydrogen) atoms. The van der Waals surface area contributed by atoms with Crippen molar-refractivity contribution in [2.75, 3.05) is 11.9 Å². The minimum Gasteiger partial charge on any atom is -0.494 e. The molecule has 0 saturated carbocycles. The summed E-state index contributed by atoms with van der Waals surface area (Å²) in [7, 11) is 0. The molecule has 120 valence electrons. The van der Waals surface area contributed by atoms with Crippen LogP contribution >= 0.6 is 11.6 Å². The van der Waals surface area contributed by atoms with Crippen LogP contribution in [0.1, 0.15) is 30.1 Å². The molecule has 1 aromatic heterocycles. The van der Waals surface area contributed by atoms with Crippen LogP contribution in [0.2, 0.25) is 5.02 Å². The number of hydrogen-bond acceptors (Lipinski definition) is 4. The van der Waals surface area contributed by atoms with E-state index in [4.69, 9.17) is 16.3 Å². The molecule has 1 aromatic carbocycles. The van der Waals surface area contributed by atoms with Gasteiger partial charge >= 0.3 is 0 Å². The molecule has 0 unspecified atom stereocenters. The van der Waals surface area contributed by atoms with E-state index in [1.165, 1.54) is 13.1 Å². The van der Waals surface area contributed by atoms with Crippen LogP contribution in [-0.4, -0.2) is 23.3 Å². The van der Waals surface area contributed by atoms with Crippen molar-refractivity contribution >= 4 is 29.1 Å². The van der Waals surface area contributed by atoms with E-state index in [9.17, 15) is 9.59 Å². The summed E-state index contributed by atoms with van der Waals surface area (Å²) in [6.07, 6.45) is 2.38. The molecule has 0 atom stereocenters. The Balaban J connectivity index is 1.69. The highest BCUT2D eigenvalue weighted by atomic mass is 35.5. The highest BCUT2D eigenvalue weighted by Gasteiger charge is 2.04. The zero-order valence-corrected chi connectivity index (χ0v) is 13.5. The quantitative estimate of drug-likeness (QED) is 0.619. The van der Waals surface area contributed by atoms with Gasteiger partial charge in [-0.25, -0.2) is 4.98 Å². The Morgan fingerprint density at radius 1 is 1.17 bits per heavy atom. The summed E-state index contributed by atoms with van der Waals surface area (Å²) in [5.41, 5.74) is 0.646. The van der Waals surface area contributed by atoms with E-state index in [1.54, 1.807) is 36.4 Å². The van der Waals surface area contributed by atoms with Gasteiger partial charge in [0.2, 0.25) is 5.91 Å².